The van der Waals surface area contributed by atoms with Crippen LogP contribution in [-0.2, 0) is 4.79 Å². The molecular formula is C21H23N3O4. The lowest BCUT2D eigenvalue weighted by Crippen LogP contribution is -2.44. The van der Waals surface area contributed by atoms with Crippen molar-refractivity contribution in [3.8, 4) is 11.5 Å². The van der Waals surface area contributed by atoms with Crippen molar-refractivity contribution < 1.29 is 19.1 Å². The maximum Gasteiger partial charge on any atom is 0.274 e. The summed E-state index contributed by atoms with van der Waals surface area (Å²) < 4.78 is 10.5. The Labute approximate surface area is 164 Å². The van der Waals surface area contributed by atoms with Crippen molar-refractivity contribution in [2.24, 2.45) is 0 Å². The first-order valence-electron chi connectivity index (χ1n) is 8.99. The van der Waals surface area contributed by atoms with Gasteiger partial charge in [0.1, 0.15) is 11.5 Å². The number of hydrazine groups is 1. The average molecular weight is 381 g/mol. The zero-order valence-corrected chi connectivity index (χ0v) is 16.2. The molecule has 28 heavy (non-hydrogen) atoms. The van der Waals surface area contributed by atoms with E-state index in [1.54, 1.807) is 50.6 Å². The van der Waals surface area contributed by atoms with Crippen LogP contribution in [0.3, 0.4) is 0 Å². The number of benzene rings is 1. The molecular weight excluding hydrogens is 358 g/mol. The minimum Gasteiger partial charge on any atom is -0.497 e. The number of carbonyl (C=O) groups excluding carboxylic acids is 2. The van der Waals surface area contributed by atoms with Crippen LogP contribution >= 0.6 is 0 Å². The summed E-state index contributed by atoms with van der Waals surface area (Å²) in [5, 5.41) is 2.94. The fourth-order valence-electron chi connectivity index (χ4n) is 3.01. The second kappa shape index (κ2) is 8.56. The van der Waals surface area contributed by atoms with E-state index in [4.69, 9.17) is 9.47 Å². The molecule has 0 bridgehead atoms. The average Bonchev–Trinajstić information content (AvgIpc) is 3.21. The van der Waals surface area contributed by atoms with Crippen LogP contribution in [0.5, 0.6) is 11.5 Å². The van der Waals surface area contributed by atoms with E-state index in [0.29, 0.717) is 30.2 Å². The van der Waals surface area contributed by atoms with Crippen molar-refractivity contribution in [2.75, 3.05) is 27.3 Å². The standard InChI is InChI=1S/C21H23N3O4/c1-15-5-6-17(14-22-15)21(26)24-12-4-11-23(24)20(25)10-7-16-13-18(27-2)8-9-19(16)28-3/h5-10,13-14H,4,11-12H2,1-3H3. The van der Waals surface area contributed by atoms with Gasteiger partial charge in [-0.3, -0.25) is 14.6 Å². The van der Waals surface area contributed by atoms with Gasteiger partial charge in [0, 0.05) is 36.6 Å². The van der Waals surface area contributed by atoms with Gasteiger partial charge in [0.25, 0.3) is 11.8 Å². The van der Waals surface area contributed by atoms with E-state index in [1.807, 2.05) is 6.92 Å². The Morgan fingerprint density at radius 3 is 2.54 bits per heavy atom. The number of pyridine rings is 1. The highest BCUT2D eigenvalue weighted by atomic mass is 16.5. The van der Waals surface area contributed by atoms with Gasteiger partial charge in [-0.25, -0.2) is 10.0 Å². The van der Waals surface area contributed by atoms with Crippen molar-refractivity contribution in [2.45, 2.75) is 13.3 Å². The number of carbonyl (C=O) groups is 2. The first-order chi connectivity index (χ1) is 13.5. The molecule has 0 unspecified atom stereocenters. The Balaban J connectivity index is 1.77. The molecule has 2 heterocycles. The predicted octanol–water partition coefficient (Wildman–Crippen LogP) is 2.71. The topological polar surface area (TPSA) is 72.0 Å². The molecule has 1 fully saturated rings. The number of amides is 2. The second-order valence-corrected chi connectivity index (χ2v) is 6.37. The SMILES string of the molecule is COc1ccc(OC)c(C=CC(=O)N2CCCN2C(=O)c2ccc(C)nc2)c1. The Bertz CT molecular complexity index is 893. The number of rotatable bonds is 5. The number of hydrogen-bond acceptors (Lipinski definition) is 5. The van der Waals surface area contributed by atoms with Crippen LogP contribution in [0.15, 0.2) is 42.6 Å². The third kappa shape index (κ3) is 4.14. The summed E-state index contributed by atoms with van der Waals surface area (Å²) in [5.74, 6) is 0.796. The molecule has 1 aliphatic rings. The zero-order chi connectivity index (χ0) is 20.1. The van der Waals surface area contributed by atoms with Gasteiger partial charge in [0.05, 0.1) is 19.8 Å². The molecule has 1 aromatic carbocycles. The van der Waals surface area contributed by atoms with Gasteiger partial charge in [-0.1, -0.05) is 0 Å². The highest BCUT2D eigenvalue weighted by Gasteiger charge is 2.30. The minimum absolute atomic E-state index is 0.231. The Hall–Kier alpha value is -3.35. The van der Waals surface area contributed by atoms with Gasteiger partial charge in [-0.2, -0.15) is 0 Å². The molecule has 3 rings (SSSR count). The molecule has 0 saturated carbocycles. The monoisotopic (exact) mass is 381 g/mol. The van der Waals surface area contributed by atoms with Crippen molar-refractivity contribution in [3.63, 3.8) is 0 Å². The van der Waals surface area contributed by atoms with Crippen LogP contribution in [0.1, 0.15) is 28.0 Å². The van der Waals surface area contributed by atoms with Crippen molar-refractivity contribution in [1.82, 2.24) is 15.0 Å². The highest BCUT2D eigenvalue weighted by molar-refractivity contribution is 5.98. The number of aromatic nitrogens is 1. The molecule has 1 saturated heterocycles. The van der Waals surface area contributed by atoms with Gasteiger partial charge in [0.2, 0.25) is 0 Å². The lowest BCUT2D eigenvalue weighted by molar-refractivity contribution is -0.134. The van der Waals surface area contributed by atoms with Crippen molar-refractivity contribution in [1.29, 1.82) is 0 Å². The van der Waals surface area contributed by atoms with Gasteiger partial charge in [0.15, 0.2) is 0 Å². The zero-order valence-electron chi connectivity index (χ0n) is 16.2. The highest BCUT2D eigenvalue weighted by Crippen LogP contribution is 2.25. The quantitative estimate of drug-likeness (QED) is 0.745. The van der Waals surface area contributed by atoms with Crippen LogP contribution in [0.2, 0.25) is 0 Å². The van der Waals surface area contributed by atoms with Gasteiger partial charge < -0.3 is 9.47 Å². The molecule has 0 radical (unpaired) electrons. The van der Waals surface area contributed by atoms with E-state index in [9.17, 15) is 9.59 Å². The lowest BCUT2D eigenvalue weighted by Gasteiger charge is -2.26. The van der Waals surface area contributed by atoms with E-state index >= 15 is 0 Å². The van der Waals surface area contributed by atoms with E-state index in [-0.39, 0.29) is 11.8 Å². The Morgan fingerprint density at radius 1 is 1.07 bits per heavy atom. The maximum absolute atomic E-state index is 12.8. The van der Waals surface area contributed by atoms with Crippen LogP contribution in [0.25, 0.3) is 6.08 Å². The van der Waals surface area contributed by atoms with Gasteiger partial charge >= 0.3 is 0 Å². The third-order valence-corrected chi connectivity index (χ3v) is 4.52. The lowest BCUT2D eigenvalue weighted by atomic mass is 10.1. The van der Waals surface area contributed by atoms with E-state index in [1.165, 1.54) is 22.3 Å². The molecule has 0 spiro atoms. The van der Waals surface area contributed by atoms with Crippen LogP contribution in [0, 0.1) is 6.92 Å². The number of nitrogens with zero attached hydrogens (tertiary/aromatic N) is 3. The largest absolute Gasteiger partial charge is 0.497 e. The molecule has 0 atom stereocenters. The van der Waals surface area contributed by atoms with Crippen molar-refractivity contribution >= 4 is 17.9 Å². The second-order valence-electron chi connectivity index (χ2n) is 6.37. The number of methoxy groups -OCH3 is 2. The molecule has 0 aliphatic carbocycles. The summed E-state index contributed by atoms with van der Waals surface area (Å²) in [4.78, 5) is 29.7. The van der Waals surface area contributed by atoms with Crippen LogP contribution in [0.4, 0.5) is 0 Å². The van der Waals surface area contributed by atoms with Crippen LogP contribution in [-0.4, -0.2) is 54.1 Å². The van der Waals surface area contributed by atoms with Gasteiger partial charge in [-0.15, -0.1) is 0 Å². The predicted molar refractivity (Wildman–Crippen MR) is 105 cm³/mol. The number of ether oxygens (including phenoxy) is 2. The molecule has 2 amide bonds. The smallest absolute Gasteiger partial charge is 0.274 e. The molecule has 1 aromatic heterocycles. The van der Waals surface area contributed by atoms with E-state index in [0.717, 1.165) is 17.7 Å². The molecule has 1 aliphatic heterocycles. The van der Waals surface area contributed by atoms with Crippen LogP contribution < -0.4 is 9.47 Å². The fourth-order valence-corrected chi connectivity index (χ4v) is 3.01. The van der Waals surface area contributed by atoms with E-state index in [2.05, 4.69) is 4.98 Å². The maximum atomic E-state index is 12.8. The molecule has 2 aromatic rings. The molecule has 7 nitrogen and oxygen atoms in total. The molecule has 7 heteroatoms. The summed E-state index contributed by atoms with van der Waals surface area (Å²) in [5.41, 5.74) is 2.01. The molecule has 146 valence electrons. The Kier molecular flexibility index (Phi) is 5.93. The van der Waals surface area contributed by atoms with Gasteiger partial charge in [-0.05, 0) is 49.8 Å². The summed E-state index contributed by atoms with van der Waals surface area (Å²) in [6, 6.07) is 8.86. The fraction of sp³-hybridized carbons (Fsp3) is 0.286. The first-order valence-corrected chi connectivity index (χ1v) is 8.99. The first kappa shape index (κ1) is 19.4. The summed E-state index contributed by atoms with van der Waals surface area (Å²) >= 11 is 0. The summed E-state index contributed by atoms with van der Waals surface area (Å²) in [6.07, 6.45) is 5.37. The number of aryl methyl sites for hydroxylation is 1. The number of hydrogen-bond donors (Lipinski definition) is 0. The minimum atomic E-state index is -0.268. The van der Waals surface area contributed by atoms with E-state index < -0.39 is 0 Å². The summed E-state index contributed by atoms with van der Waals surface area (Å²) in [7, 11) is 3.14. The summed E-state index contributed by atoms with van der Waals surface area (Å²) in [6.45, 7) is 2.84. The molecule has 0 N–H and O–H groups in total. The van der Waals surface area contributed by atoms with Crippen molar-refractivity contribution in [3.05, 3.63) is 59.4 Å². The third-order valence-electron chi connectivity index (χ3n) is 4.52. The normalized spacial score (nSPS) is 13.8. The Morgan fingerprint density at radius 2 is 1.86 bits per heavy atom.